The molecule has 0 amide bonds. The maximum absolute atomic E-state index is 10.8. The highest BCUT2D eigenvalue weighted by Gasteiger charge is 2.20. The van der Waals surface area contributed by atoms with Crippen LogP contribution >= 0.6 is 0 Å². The molecule has 1 unspecified atom stereocenters. The minimum atomic E-state index is -0.400. The molecule has 2 aromatic rings. The summed E-state index contributed by atoms with van der Waals surface area (Å²) in [5, 5.41) is 13.5. The second-order valence-electron chi connectivity index (χ2n) is 6.47. The van der Waals surface area contributed by atoms with E-state index in [1.54, 1.807) is 0 Å². The van der Waals surface area contributed by atoms with Crippen LogP contribution in [0.3, 0.4) is 0 Å². The van der Waals surface area contributed by atoms with Gasteiger partial charge >= 0.3 is 0 Å². The molecule has 0 aromatic heterocycles. The Bertz CT molecular complexity index is 633. The number of rotatable bonds is 7. The van der Waals surface area contributed by atoms with Crippen LogP contribution in [-0.2, 0) is 12.8 Å². The Labute approximate surface area is 133 Å². The van der Waals surface area contributed by atoms with Gasteiger partial charge in [0.1, 0.15) is 0 Å². The summed E-state index contributed by atoms with van der Waals surface area (Å²) in [5.41, 5.74) is 3.99. The van der Waals surface area contributed by atoms with Crippen molar-refractivity contribution >= 4 is 10.8 Å². The number of nitrogens with zero attached hydrogens (tertiary/aromatic N) is 1. The third kappa shape index (κ3) is 2.90. The molecule has 0 aliphatic heterocycles. The molecule has 118 valence electrons. The van der Waals surface area contributed by atoms with Crippen molar-refractivity contribution in [1.29, 1.82) is 0 Å². The van der Waals surface area contributed by atoms with Crippen molar-refractivity contribution in [2.45, 2.75) is 45.6 Å². The predicted molar refractivity (Wildman–Crippen MR) is 93.3 cm³/mol. The van der Waals surface area contributed by atoms with Crippen LogP contribution in [0.15, 0.2) is 30.3 Å². The summed E-state index contributed by atoms with van der Waals surface area (Å²) in [7, 11) is 0. The first-order valence-corrected chi connectivity index (χ1v) is 8.68. The van der Waals surface area contributed by atoms with Gasteiger partial charge in [0.25, 0.3) is 0 Å². The van der Waals surface area contributed by atoms with Crippen molar-refractivity contribution in [1.82, 2.24) is 4.90 Å². The van der Waals surface area contributed by atoms with Crippen LogP contribution in [0.4, 0.5) is 0 Å². The normalized spacial score (nSPS) is 14.9. The molecule has 1 aliphatic carbocycles. The van der Waals surface area contributed by atoms with Crippen molar-refractivity contribution in [2.75, 3.05) is 19.6 Å². The van der Waals surface area contributed by atoms with E-state index in [9.17, 15) is 5.11 Å². The fraction of sp³-hybridized carbons (Fsp3) is 0.500. The molecule has 0 radical (unpaired) electrons. The monoisotopic (exact) mass is 297 g/mol. The van der Waals surface area contributed by atoms with Gasteiger partial charge in [-0.15, -0.1) is 0 Å². The van der Waals surface area contributed by atoms with Gasteiger partial charge in [0.15, 0.2) is 0 Å². The molecule has 1 aliphatic rings. The summed E-state index contributed by atoms with van der Waals surface area (Å²) in [4.78, 5) is 2.38. The topological polar surface area (TPSA) is 23.5 Å². The van der Waals surface area contributed by atoms with E-state index in [1.807, 2.05) is 0 Å². The molecule has 0 spiro atoms. The summed E-state index contributed by atoms with van der Waals surface area (Å²) in [6.45, 7) is 7.26. The smallest absolute Gasteiger partial charge is 0.0922 e. The molecule has 22 heavy (non-hydrogen) atoms. The van der Waals surface area contributed by atoms with Crippen LogP contribution in [0.5, 0.6) is 0 Å². The van der Waals surface area contributed by atoms with Crippen LogP contribution < -0.4 is 0 Å². The maximum atomic E-state index is 10.8. The lowest BCUT2D eigenvalue weighted by molar-refractivity contribution is 0.114. The summed E-state index contributed by atoms with van der Waals surface area (Å²) in [5.74, 6) is 0. The Balaban J connectivity index is 1.90. The van der Waals surface area contributed by atoms with E-state index in [-0.39, 0.29) is 0 Å². The lowest BCUT2D eigenvalue weighted by Crippen LogP contribution is -2.30. The molecular formula is C20H27NO. The maximum Gasteiger partial charge on any atom is 0.0922 e. The van der Waals surface area contributed by atoms with E-state index < -0.39 is 6.10 Å². The molecule has 3 rings (SSSR count). The molecule has 2 heteroatoms. The number of aliphatic hydroxyl groups excluding tert-OH is 1. The summed E-state index contributed by atoms with van der Waals surface area (Å²) in [6, 6.07) is 10.9. The highest BCUT2D eigenvalue weighted by atomic mass is 16.3. The SMILES string of the molecule is CCCN(CCC)CC(O)c1ccc2c3c(cccc13)CC2. The first kappa shape index (κ1) is 15.5. The first-order chi connectivity index (χ1) is 10.7. The summed E-state index contributed by atoms with van der Waals surface area (Å²) in [6.07, 6.45) is 4.16. The van der Waals surface area contributed by atoms with Crippen molar-refractivity contribution in [2.24, 2.45) is 0 Å². The minimum absolute atomic E-state index is 0.400. The molecule has 1 atom stereocenters. The number of hydrogen-bond acceptors (Lipinski definition) is 2. The van der Waals surface area contributed by atoms with Crippen molar-refractivity contribution < 1.29 is 5.11 Å². The van der Waals surface area contributed by atoms with Gasteiger partial charge in [-0.25, -0.2) is 0 Å². The van der Waals surface area contributed by atoms with Gasteiger partial charge in [0.2, 0.25) is 0 Å². The number of aliphatic hydroxyl groups is 1. The van der Waals surface area contributed by atoms with Gasteiger partial charge < -0.3 is 10.0 Å². The Hall–Kier alpha value is -1.38. The third-order valence-corrected chi connectivity index (χ3v) is 4.78. The molecule has 0 bridgehead atoms. The summed E-state index contributed by atoms with van der Waals surface area (Å²) < 4.78 is 0. The van der Waals surface area contributed by atoms with Gasteiger partial charge in [-0.1, -0.05) is 44.2 Å². The highest BCUT2D eigenvalue weighted by molar-refractivity contribution is 5.93. The fourth-order valence-electron chi connectivity index (χ4n) is 3.83. The van der Waals surface area contributed by atoms with Gasteiger partial charge in [0.05, 0.1) is 6.10 Å². The zero-order valence-electron chi connectivity index (χ0n) is 13.8. The van der Waals surface area contributed by atoms with Gasteiger partial charge in [-0.05, 0) is 66.2 Å². The van der Waals surface area contributed by atoms with Gasteiger partial charge in [0, 0.05) is 6.54 Å². The zero-order valence-corrected chi connectivity index (χ0v) is 13.8. The Kier molecular flexibility index (Phi) is 4.80. The van der Waals surface area contributed by atoms with Crippen molar-refractivity contribution in [3.8, 4) is 0 Å². The largest absolute Gasteiger partial charge is 0.387 e. The lowest BCUT2D eigenvalue weighted by atomic mass is 9.96. The molecule has 0 saturated carbocycles. The fourth-order valence-corrected chi connectivity index (χ4v) is 3.83. The van der Waals surface area contributed by atoms with E-state index in [2.05, 4.69) is 49.1 Å². The van der Waals surface area contributed by atoms with Gasteiger partial charge in [-0.3, -0.25) is 0 Å². The molecule has 0 fully saturated rings. The minimum Gasteiger partial charge on any atom is -0.387 e. The molecular weight excluding hydrogens is 270 g/mol. The zero-order chi connectivity index (χ0) is 15.5. The number of benzene rings is 2. The molecule has 2 nitrogen and oxygen atoms in total. The summed E-state index contributed by atoms with van der Waals surface area (Å²) >= 11 is 0. The van der Waals surface area contributed by atoms with Crippen LogP contribution in [0.25, 0.3) is 10.8 Å². The number of hydrogen-bond donors (Lipinski definition) is 1. The first-order valence-electron chi connectivity index (χ1n) is 8.68. The Morgan fingerprint density at radius 1 is 1.00 bits per heavy atom. The van der Waals surface area contributed by atoms with Crippen LogP contribution in [0.1, 0.15) is 49.5 Å². The molecule has 0 saturated heterocycles. The van der Waals surface area contributed by atoms with E-state index in [0.29, 0.717) is 0 Å². The number of aryl methyl sites for hydroxylation is 2. The van der Waals surface area contributed by atoms with Crippen LogP contribution in [0, 0.1) is 0 Å². The highest BCUT2D eigenvalue weighted by Crippen LogP contribution is 2.35. The van der Waals surface area contributed by atoms with E-state index in [0.717, 1.165) is 50.9 Å². The Morgan fingerprint density at radius 3 is 2.36 bits per heavy atom. The van der Waals surface area contributed by atoms with E-state index >= 15 is 0 Å². The van der Waals surface area contributed by atoms with Crippen molar-refractivity contribution in [3.05, 3.63) is 47.0 Å². The average Bonchev–Trinajstić information content (AvgIpc) is 2.93. The second-order valence-corrected chi connectivity index (χ2v) is 6.47. The van der Waals surface area contributed by atoms with E-state index in [1.165, 1.54) is 21.9 Å². The quantitative estimate of drug-likeness (QED) is 0.832. The van der Waals surface area contributed by atoms with Crippen LogP contribution in [0.2, 0.25) is 0 Å². The van der Waals surface area contributed by atoms with Gasteiger partial charge in [-0.2, -0.15) is 0 Å². The van der Waals surface area contributed by atoms with Crippen molar-refractivity contribution in [3.63, 3.8) is 0 Å². The Morgan fingerprint density at radius 2 is 1.68 bits per heavy atom. The van der Waals surface area contributed by atoms with E-state index in [4.69, 9.17) is 0 Å². The molecule has 1 N–H and O–H groups in total. The standard InChI is InChI=1S/C20H27NO/c1-3-12-21(13-4-2)14-19(22)17-11-10-16-9-8-15-6-5-7-18(17)20(15)16/h5-7,10-11,19,22H,3-4,8-9,12-14H2,1-2H3. The third-order valence-electron chi connectivity index (χ3n) is 4.78. The predicted octanol–water partition coefficient (Wildman–Crippen LogP) is 4.09. The molecule has 2 aromatic carbocycles. The average molecular weight is 297 g/mol. The second kappa shape index (κ2) is 6.80. The van der Waals surface area contributed by atoms with Crippen LogP contribution in [-0.4, -0.2) is 29.6 Å². The lowest BCUT2D eigenvalue weighted by Gasteiger charge is -2.25. The molecule has 0 heterocycles.